The average Bonchev–Trinajstić information content (AvgIpc) is 2.63. The van der Waals surface area contributed by atoms with Crippen molar-refractivity contribution in [2.75, 3.05) is 10.5 Å². The molecule has 0 saturated heterocycles. The van der Waals surface area contributed by atoms with Crippen LogP contribution in [0.1, 0.15) is 5.01 Å². The summed E-state index contributed by atoms with van der Waals surface area (Å²) in [6, 6.07) is 6.02. The van der Waals surface area contributed by atoms with Crippen molar-refractivity contribution in [3.8, 4) is 0 Å². The van der Waals surface area contributed by atoms with E-state index < -0.39 is 10.0 Å². The zero-order valence-electron chi connectivity index (χ0n) is 9.04. The van der Waals surface area contributed by atoms with Crippen LogP contribution in [-0.2, 0) is 10.0 Å². The quantitative estimate of drug-likeness (QED) is 0.832. The molecule has 2 rings (SSSR count). The molecule has 0 radical (unpaired) electrons. The Kier molecular flexibility index (Phi) is 3.03. The van der Waals surface area contributed by atoms with E-state index in [0.29, 0.717) is 10.7 Å². The minimum Gasteiger partial charge on any atom is -0.399 e. The minimum atomic E-state index is -3.55. The van der Waals surface area contributed by atoms with E-state index in [2.05, 4.69) is 9.71 Å². The van der Waals surface area contributed by atoms with E-state index in [1.54, 1.807) is 12.1 Å². The minimum absolute atomic E-state index is 0.178. The van der Waals surface area contributed by atoms with Gasteiger partial charge in [-0.3, -0.25) is 4.72 Å². The Hall–Kier alpha value is -1.60. The van der Waals surface area contributed by atoms with E-state index in [1.807, 2.05) is 6.92 Å². The third-order valence-electron chi connectivity index (χ3n) is 2.05. The van der Waals surface area contributed by atoms with E-state index >= 15 is 0 Å². The molecule has 5 nitrogen and oxygen atoms in total. The van der Waals surface area contributed by atoms with Crippen LogP contribution in [0.2, 0.25) is 0 Å². The molecule has 0 aliphatic carbocycles. The first kappa shape index (κ1) is 11.9. The topological polar surface area (TPSA) is 85.1 Å². The molecular formula is C10H11N3O2S2. The lowest BCUT2D eigenvalue weighted by molar-refractivity contribution is 0.601. The van der Waals surface area contributed by atoms with Crippen molar-refractivity contribution in [3.05, 3.63) is 35.5 Å². The van der Waals surface area contributed by atoms with Crippen molar-refractivity contribution in [2.24, 2.45) is 0 Å². The van der Waals surface area contributed by atoms with Crippen LogP contribution in [0.3, 0.4) is 0 Å². The highest BCUT2D eigenvalue weighted by Crippen LogP contribution is 2.22. The molecule has 0 aliphatic rings. The molecule has 2 aromatic rings. The molecule has 7 heteroatoms. The SMILES string of the molecule is Cc1ncc(NS(=O)(=O)c2ccc(N)cc2)s1. The van der Waals surface area contributed by atoms with Gasteiger partial charge in [0.25, 0.3) is 10.0 Å². The van der Waals surface area contributed by atoms with Crippen LogP contribution in [0.25, 0.3) is 0 Å². The van der Waals surface area contributed by atoms with Crippen molar-refractivity contribution in [2.45, 2.75) is 11.8 Å². The Morgan fingerprint density at radius 3 is 2.47 bits per heavy atom. The van der Waals surface area contributed by atoms with Gasteiger partial charge < -0.3 is 5.73 Å². The number of nitrogens with two attached hydrogens (primary N) is 1. The molecule has 1 aromatic carbocycles. The lowest BCUT2D eigenvalue weighted by atomic mass is 10.3. The van der Waals surface area contributed by atoms with Crippen LogP contribution in [0, 0.1) is 6.92 Å². The molecule has 0 bridgehead atoms. The standard InChI is InChI=1S/C10H11N3O2S2/c1-7-12-6-10(16-7)13-17(14,15)9-4-2-8(11)3-5-9/h2-6,13H,11H2,1H3. The van der Waals surface area contributed by atoms with E-state index in [4.69, 9.17) is 5.73 Å². The monoisotopic (exact) mass is 269 g/mol. The van der Waals surface area contributed by atoms with Crippen LogP contribution in [0.15, 0.2) is 35.4 Å². The van der Waals surface area contributed by atoms with Crippen LogP contribution in [-0.4, -0.2) is 13.4 Å². The van der Waals surface area contributed by atoms with Crippen LogP contribution < -0.4 is 10.5 Å². The molecule has 1 aromatic heterocycles. The van der Waals surface area contributed by atoms with Gasteiger partial charge in [-0.1, -0.05) is 0 Å². The molecule has 0 unspecified atom stereocenters. The first-order valence-electron chi connectivity index (χ1n) is 4.78. The predicted molar refractivity (Wildman–Crippen MR) is 68.5 cm³/mol. The zero-order valence-corrected chi connectivity index (χ0v) is 10.7. The Morgan fingerprint density at radius 2 is 1.94 bits per heavy atom. The third kappa shape index (κ3) is 2.75. The molecule has 3 N–H and O–H groups in total. The highest BCUT2D eigenvalue weighted by atomic mass is 32.2. The van der Waals surface area contributed by atoms with Crippen LogP contribution in [0.4, 0.5) is 10.7 Å². The maximum atomic E-state index is 11.9. The second-order valence-electron chi connectivity index (χ2n) is 3.42. The summed E-state index contributed by atoms with van der Waals surface area (Å²) in [6.45, 7) is 1.81. The summed E-state index contributed by atoms with van der Waals surface area (Å²) in [5, 5.41) is 1.30. The van der Waals surface area contributed by atoms with Crippen molar-refractivity contribution in [3.63, 3.8) is 0 Å². The van der Waals surface area contributed by atoms with Gasteiger partial charge in [0.15, 0.2) is 0 Å². The molecule has 0 spiro atoms. The van der Waals surface area contributed by atoms with Gasteiger partial charge in [-0.15, -0.1) is 11.3 Å². The van der Waals surface area contributed by atoms with Gasteiger partial charge in [-0.25, -0.2) is 13.4 Å². The number of hydrogen-bond acceptors (Lipinski definition) is 5. The zero-order chi connectivity index (χ0) is 12.5. The smallest absolute Gasteiger partial charge is 0.262 e. The van der Waals surface area contributed by atoms with Crippen molar-refractivity contribution in [1.29, 1.82) is 0 Å². The van der Waals surface area contributed by atoms with Crippen LogP contribution in [0.5, 0.6) is 0 Å². The largest absolute Gasteiger partial charge is 0.399 e. The average molecular weight is 269 g/mol. The number of rotatable bonds is 3. The highest BCUT2D eigenvalue weighted by molar-refractivity contribution is 7.93. The fraction of sp³-hybridized carbons (Fsp3) is 0.100. The number of sulfonamides is 1. The first-order valence-corrected chi connectivity index (χ1v) is 7.08. The molecule has 17 heavy (non-hydrogen) atoms. The second-order valence-corrected chi connectivity index (χ2v) is 6.34. The third-order valence-corrected chi connectivity index (χ3v) is 4.39. The lowest BCUT2D eigenvalue weighted by Crippen LogP contribution is -2.11. The molecule has 0 saturated carbocycles. The maximum Gasteiger partial charge on any atom is 0.262 e. The molecular weight excluding hydrogens is 258 g/mol. The summed E-state index contributed by atoms with van der Waals surface area (Å²) in [6.07, 6.45) is 1.49. The van der Waals surface area contributed by atoms with E-state index in [1.165, 1.54) is 29.7 Å². The van der Waals surface area contributed by atoms with Gasteiger partial charge in [0.05, 0.1) is 16.1 Å². The van der Waals surface area contributed by atoms with Crippen molar-refractivity contribution >= 4 is 32.0 Å². The number of benzene rings is 1. The maximum absolute atomic E-state index is 11.9. The van der Waals surface area contributed by atoms with Gasteiger partial charge in [0, 0.05) is 5.69 Å². The number of aryl methyl sites for hydroxylation is 1. The summed E-state index contributed by atoms with van der Waals surface area (Å²) < 4.78 is 26.4. The molecule has 0 fully saturated rings. The summed E-state index contributed by atoms with van der Waals surface area (Å²) in [4.78, 5) is 4.16. The van der Waals surface area contributed by atoms with E-state index in [9.17, 15) is 8.42 Å². The number of nitrogens with one attached hydrogen (secondary N) is 1. The number of aromatic nitrogens is 1. The van der Waals surface area contributed by atoms with Gasteiger partial charge >= 0.3 is 0 Å². The van der Waals surface area contributed by atoms with Gasteiger partial charge in [0.2, 0.25) is 0 Å². The number of thiazole rings is 1. The highest BCUT2D eigenvalue weighted by Gasteiger charge is 2.14. The first-order chi connectivity index (χ1) is 7.97. The number of nitrogen functional groups attached to an aromatic ring is 1. The lowest BCUT2D eigenvalue weighted by Gasteiger charge is -2.05. The Balaban J connectivity index is 2.28. The van der Waals surface area contributed by atoms with Crippen molar-refractivity contribution < 1.29 is 8.42 Å². The summed E-state index contributed by atoms with van der Waals surface area (Å²) >= 11 is 1.29. The van der Waals surface area contributed by atoms with Crippen LogP contribution >= 0.6 is 11.3 Å². The Labute approximate surface area is 103 Å². The molecule has 0 aliphatic heterocycles. The number of anilines is 2. The van der Waals surface area contributed by atoms with E-state index in [0.717, 1.165) is 5.01 Å². The second kappa shape index (κ2) is 4.34. The molecule has 0 amide bonds. The summed E-state index contributed by atoms with van der Waals surface area (Å²) in [5.74, 6) is 0. The van der Waals surface area contributed by atoms with Gasteiger partial charge in [-0.2, -0.15) is 0 Å². The van der Waals surface area contributed by atoms with E-state index in [-0.39, 0.29) is 4.90 Å². The molecule has 1 heterocycles. The normalized spacial score (nSPS) is 11.4. The molecule has 0 atom stereocenters. The Morgan fingerprint density at radius 1 is 1.29 bits per heavy atom. The fourth-order valence-electron chi connectivity index (χ4n) is 1.25. The summed E-state index contributed by atoms with van der Waals surface area (Å²) in [5.41, 5.74) is 6.03. The number of hydrogen-bond donors (Lipinski definition) is 2. The number of nitrogens with zero attached hydrogens (tertiary/aromatic N) is 1. The van der Waals surface area contributed by atoms with Gasteiger partial charge in [0.1, 0.15) is 5.00 Å². The molecule has 90 valence electrons. The fourth-order valence-corrected chi connectivity index (χ4v) is 3.20. The van der Waals surface area contributed by atoms with Crippen molar-refractivity contribution in [1.82, 2.24) is 4.98 Å². The van der Waals surface area contributed by atoms with Gasteiger partial charge in [-0.05, 0) is 31.2 Å². The predicted octanol–water partition coefficient (Wildman–Crippen LogP) is 1.83. The summed E-state index contributed by atoms with van der Waals surface area (Å²) in [7, 11) is -3.55. The Bertz CT molecular complexity index is 617.